The van der Waals surface area contributed by atoms with Gasteiger partial charge in [0, 0.05) is 22.0 Å². The van der Waals surface area contributed by atoms with Gasteiger partial charge in [0.2, 0.25) is 0 Å². The van der Waals surface area contributed by atoms with Gasteiger partial charge in [0.25, 0.3) is 5.91 Å². The summed E-state index contributed by atoms with van der Waals surface area (Å²) in [5, 5.41) is 2.01. The zero-order valence-electron chi connectivity index (χ0n) is 18.3. The van der Waals surface area contributed by atoms with E-state index >= 15 is 0 Å². The lowest BCUT2D eigenvalue weighted by atomic mass is 9.95. The summed E-state index contributed by atoms with van der Waals surface area (Å²) in [5.74, 6) is 0.746. The van der Waals surface area contributed by atoms with Crippen LogP contribution in [0.5, 0.6) is 5.75 Å². The summed E-state index contributed by atoms with van der Waals surface area (Å²) in [6.45, 7) is 0. The summed E-state index contributed by atoms with van der Waals surface area (Å²) < 4.78 is 7.15. The van der Waals surface area contributed by atoms with Crippen LogP contribution in [0.25, 0.3) is 32.4 Å². The van der Waals surface area contributed by atoms with Gasteiger partial charge in [-0.1, -0.05) is 18.2 Å². The van der Waals surface area contributed by atoms with Crippen molar-refractivity contribution in [2.45, 2.75) is 25.7 Å². The molecule has 0 saturated heterocycles. The molecule has 0 amide bonds. The third kappa shape index (κ3) is 3.13. The van der Waals surface area contributed by atoms with E-state index in [1.165, 1.54) is 22.3 Å². The maximum Gasteiger partial charge on any atom is 0.274 e. The maximum atomic E-state index is 13.9. The highest BCUT2D eigenvalue weighted by molar-refractivity contribution is 7.21. The number of ether oxygens (including phenoxy) is 1. The smallest absolute Gasteiger partial charge is 0.274 e. The number of benzene rings is 2. The lowest BCUT2D eigenvalue weighted by Crippen LogP contribution is -2.17. The average Bonchev–Trinajstić information content (AvgIpc) is 3.38. The van der Waals surface area contributed by atoms with Gasteiger partial charge < -0.3 is 10.5 Å². The zero-order chi connectivity index (χ0) is 22.5. The molecule has 2 aromatic carbocycles. The van der Waals surface area contributed by atoms with Crippen LogP contribution >= 0.6 is 11.3 Å². The van der Waals surface area contributed by atoms with Crippen molar-refractivity contribution in [3.05, 3.63) is 76.8 Å². The molecule has 164 valence electrons. The minimum absolute atomic E-state index is 0.0548. The molecule has 0 fully saturated rings. The molecular weight excluding hydrogens is 430 g/mol. The minimum atomic E-state index is -0.0548. The zero-order valence-corrected chi connectivity index (χ0v) is 19.1. The fraction of sp³-hybridized carbons (Fsp3) is 0.185. The number of thiophene rings is 1. The SMILES string of the molecule is COc1ccc(-c2ccc3c(N)c(C(=O)n4c5c(c6ccccc64)CCCC5)sc3n2)cc1. The van der Waals surface area contributed by atoms with E-state index in [0.717, 1.165) is 64.1 Å². The van der Waals surface area contributed by atoms with Crippen LogP contribution in [0.15, 0.2) is 60.7 Å². The second-order valence-corrected chi connectivity index (χ2v) is 9.41. The molecule has 0 bridgehead atoms. The van der Waals surface area contributed by atoms with Gasteiger partial charge in [-0.05, 0) is 73.7 Å². The molecule has 3 heterocycles. The number of nitrogen functional groups attached to an aromatic ring is 1. The number of anilines is 1. The molecule has 33 heavy (non-hydrogen) atoms. The van der Waals surface area contributed by atoms with Crippen molar-refractivity contribution in [3.63, 3.8) is 0 Å². The number of carbonyl (C=O) groups excluding carboxylic acids is 1. The summed E-state index contributed by atoms with van der Waals surface area (Å²) >= 11 is 1.37. The number of nitrogens with two attached hydrogens (primary N) is 1. The Morgan fingerprint density at radius 2 is 1.79 bits per heavy atom. The van der Waals surface area contributed by atoms with Gasteiger partial charge in [-0.25, -0.2) is 4.98 Å². The first kappa shape index (κ1) is 20.0. The lowest BCUT2D eigenvalue weighted by Gasteiger charge is -2.14. The van der Waals surface area contributed by atoms with E-state index < -0.39 is 0 Å². The van der Waals surface area contributed by atoms with Crippen LogP contribution in [0.2, 0.25) is 0 Å². The fourth-order valence-corrected chi connectivity index (χ4v) is 5.93. The third-order valence-electron chi connectivity index (χ3n) is 6.56. The first-order valence-corrected chi connectivity index (χ1v) is 12.0. The Morgan fingerprint density at radius 3 is 2.61 bits per heavy atom. The van der Waals surface area contributed by atoms with Crippen LogP contribution in [0, 0.1) is 0 Å². The largest absolute Gasteiger partial charge is 0.497 e. The molecule has 5 nitrogen and oxygen atoms in total. The van der Waals surface area contributed by atoms with Crippen molar-refractivity contribution in [1.82, 2.24) is 9.55 Å². The highest BCUT2D eigenvalue weighted by atomic mass is 32.1. The first-order chi connectivity index (χ1) is 16.2. The molecule has 0 saturated carbocycles. The fourth-order valence-electron chi connectivity index (χ4n) is 4.91. The Morgan fingerprint density at radius 1 is 1.00 bits per heavy atom. The summed E-state index contributed by atoms with van der Waals surface area (Å²) in [6, 6.07) is 19.9. The molecule has 5 aromatic rings. The standard InChI is InChI=1S/C27H23N3O2S/c1-32-17-12-10-16(11-13-17)21-15-14-20-24(28)25(33-26(20)29-21)27(31)30-22-8-4-2-6-18(22)19-7-3-5-9-23(19)30/h2,4,6,8,10-15H,3,5,7,9,28H2,1H3. The highest BCUT2D eigenvalue weighted by Gasteiger charge is 2.27. The van der Waals surface area contributed by atoms with E-state index in [0.29, 0.717) is 10.6 Å². The van der Waals surface area contributed by atoms with Gasteiger partial charge in [0.1, 0.15) is 15.5 Å². The molecule has 1 aliphatic carbocycles. The highest BCUT2D eigenvalue weighted by Crippen LogP contribution is 2.38. The summed E-state index contributed by atoms with van der Waals surface area (Å²) in [5.41, 5.74) is 12.3. The topological polar surface area (TPSA) is 70.1 Å². The van der Waals surface area contributed by atoms with E-state index in [1.54, 1.807) is 7.11 Å². The van der Waals surface area contributed by atoms with E-state index in [2.05, 4.69) is 6.07 Å². The normalized spacial score (nSPS) is 13.4. The van der Waals surface area contributed by atoms with Crippen LogP contribution in [-0.4, -0.2) is 22.6 Å². The van der Waals surface area contributed by atoms with Gasteiger partial charge in [0.15, 0.2) is 0 Å². The van der Waals surface area contributed by atoms with E-state index in [-0.39, 0.29) is 5.91 Å². The van der Waals surface area contributed by atoms with Gasteiger partial charge in [-0.2, -0.15) is 0 Å². The summed E-state index contributed by atoms with van der Waals surface area (Å²) in [6.07, 6.45) is 4.20. The van der Waals surface area contributed by atoms with Crippen LogP contribution < -0.4 is 10.5 Å². The minimum Gasteiger partial charge on any atom is -0.497 e. The molecule has 6 rings (SSSR count). The van der Waals surface area contributed by atoms with Crippen molar-refractivity contribution in [1.29, 1.82) is 0 Å². The van der Waals surface area contributed by atoms with Gasteiger partial charge in [-0.15, -0.1) is 11.3 Å². The third-order valence-corrected chi connectivity index (χ3v) is 7.66. The van der Waals surface area contributed by atoms with Crippen LogP contribution in [0.1, 0.15) is 33.8 Å². The maximum absolute atomic E-state index is 13.9. The van der Waals surface area contributed by atoms with Crippen LogP contribution in [0.4, 0.5) is 5.69 Å². The van der Waals surface area contributed by atoms with Gasteiger partial charge in [-0.3, -0.25) is 9.36 Å². The Balaban J connectivity index is 1.47. The average molecular weight is 454 g/mol. The molecule has 1 aliphatic rings. The van der Waals surface area contributed by atoms with Crippen LogP contribution in [0.3, 0.4) is 0 Å². The quantitative estimate of drug-likeness (QED) is 0.360. The molecule has 3 aromatic heterocycles. The molecular formula is C27H23N3O2S. The van der Waals surface area contributed by atoms with Crippen LogP contribution in [-0.2, 0) is 12.8 Å². The molecule has 0 atom stereocenters. The first-order valence-electron chi connectivity index (χ1n) is 11.1. The molecule has 0 unspecified atom stereocenters. The molecule has 0 aliphatic heterocycles. The predicted molar refractivity (Wildman–Crippen MR) is 134 cm³/mol. The Labute approximate surface area is 195 Å². The number of fused-ring (bicyclic) bond motifs is 4. The van der Waals surface area contributed by atoms with Crippen molar-refractivity contribution in [3.8, 4) is 17.0 Å². The number of aromatic nitrogens is 2. The van der Waals surface area contributed by atoms with E-state index in [1.807, 2.05) is 59.2 Å². The monoisotopic (exact) mass is 453 g/mol. The van der Waals surface area contributed by atoms with Crippen molar-refractivity contribution >= 4 is 44.1 Å². The number of hydrogen-bond donors (Lipinski definition) is 1. The number of hydrogen-bond acceptors (Lipinski definition) is 5. The summed E-state index contributed by atoms with van der Waals surface area (Å²) in [7, 11) is 1.65. The molecule has 0 radical (unpaired) electrons. The molecule has 0 spiro atoms. The number of para-hydroxylation sites is 1. The number of pyridine rings is 1. The van der Waals surface area contributed by atoms with Crippen molar-refractivity contribution in [2.24, 2.45) is 0 Å². The lowest BCUT2D eigenvalue weighted by molar-refractivity contribution is 0.0966. The predicted octanol–water partition coefficient (Wildman–Crippen LogP) is 6.08. The molecule has 6 heteroatoms. The Hall–Kier alpha value is -3.64. The second kappa shape index (κ2) is 7.74. The van der Waals surface area contributed by atoms with E-state index in [4.69, 9.17) is 15.5 Å². The number of rotatable bonds is 3. The van der Waals surface area contributed by atoms with Gasteiger partial charge >= 0.3 is 0 Å². The Bertz CT molecular complexity index is 1530. The van der Waals surface area contributed by atoms with E-state index in [9.17, 15) is 4.79 Å². The molecule has 2 N–H and O–H groups in total. The van der Waals surface area contributed by atoms with Gasteiger partial charge in [0.05, 0.1) is 24.0 Å². The van der Waals surface area contributed by atoms with Crippen molar-refractivity contribution < 1.29 is 9.53 Å². The number of carbonyl (C=O) groups is 1. The number of aryl methyl sites for hydroxylation is 1. The Kier molecular flexibility index (Phi) is 4.69. The number of methoxy groups -OCH3 is 1. The number of nitrogens with zero attached hydrogens (tertiary/aromatic N) is 2. The second-order valence-electron chi connectivity index (χ2n) is 8.41. The summed E-state index contributed by atoms with van der Waals surface area (Å²) in [4.78, 5) is 20.0. The van der Waals surface area contributed by atoms with Crippen molar-refractivity contribution in [2.75, 3.05) is 12.8 Å².